The maximum absolute atomic E-state index is 4.72. The smallest absolute Gasteiger partial charge is 0.518 e. The van der Waals surface area contributed by atoms with Gasteiger partial charge in [-0.25, -0.2) is 0 Å². The molecule has 0 radical (unpaired) electrons. The van der Waals surface area contributed by atoms with Crippen molar-refractivity contribution in [3.63, 3.8) is 0 Å². The van der Waals surface area contributed by atoms with Crippen LogP contribution in [0.25, 0.3) is 0 Å². The van der Waals surface area contributed by atoms with E-state index < -0.39 is 0 Å². The van der Waals surface area contributed by atoms with Crippen molar-refractivity contribution in [3.05, 3.63) is 25.3 Å². The van der Waals surface area contributed by atoms with Gasteiger partial charge in [0.1, 0.15) is 0 Å². The van der Waals surface area contributed by atoms with Crippen molar-refractivity contribution in [3.8, 4) is 0 Å². The number of hydrogen-bond donors (Lipinski definition) is 0. The molecule has 0 nitrogen and oxygen atoms in total. The first-order valence-electron chi connectivity index (χ1n) is 1.82. The average Bonchev–Trinajstić information content (AvgIpc) is 1.39. The summed E-state index contributed by atoms with van der Waals surface area (Å²) in [7, 11) is 0. The summed E-state index contributed by atoms with van der Waals surface area (Å²) in [5.41, 5.74) is 0. The molecule has 0 aliphatic carbocycles. The second-order valence-electron chi connectivity index (χ2n) is 0.667. The zero-order chi connectivity index (χ0) is 5.41. The molecule has 7 heavy (non-hydrogen) atoms. The Labute approximate surface area is 62.5 Å². The number of rotatable bonds is 0. The molecule has 0 heterocycles. The summed E-state index contributed by atoms with van der Waals surface area (Å²) in [6.07, 6.45) is 3.00. The molecule has 0 fully saturated rings. The van der Waals surface area contributed by atoms with Crippen LogP contribution < -0.4 is 0 Å². The van der Waals surface area contributed by atoms with Crippen LogP contribution in [0.4, 0.5) is 0 Å². The maximum Gasteiger partial charge on any atom is 2.00 e. The molecule has 0 saturated carbocycles. The van der Waals surface area contributed by atoms with Crippen molar-refractivity contribution >= 4 is 23.1 Å². The Balaban J connectivity index is -0.0000000400. The van der Waals surface area contributed by atoms with Crippen LogP contribution in [0.3, 0.4) is 0 Å². The van der Waals surface area contributed by atoms with Crippen LogP contribution in [0.2, 0.25) is 0 Å². The van der Waals surface area contributed by atoms with Crippen molar-refractivity contribution in [2.24, 2.45) is 0 Å². The summed E-state index contributed by atoms with van der Waals surface area (Å²) in [6.45, 7) is 13.0. The van der Waals surface area contributed by atoms with Gasteiger partial charge in [-0.2, -0.15) is 0 Å². The van der Waals surface area contributed by atoms with Gasteiger partial charge in [-0.05, 0) is 0 Å². The van der Waals surface area contributed by atoms with E-state index >= 15 is 0 Å². The van der Waals surface area contributed by atoms with E-state index in [2.05, 4.69) is 0 Å². The molecule has 0 aromatic carbocycles. The first-order valence-corrected chi connectivity index (χ1v) is 1.82. The quantitative estimate of drug-likeness (QED) is 0.325. The van der Waals surface area contributed by atoms with Gasteiger partial charge in [0.2, 0.25) is 0 Å². The second-order valence-corrected chi connectivity index (χ2v) is 0.667. The third-order valence-corrected chi connectivity index (χ3v) is 0. The fourth-order valence-corrected chi connectivity index (χ4v) is 0. The monoisotopic (exact) mass is 106 g/mol. The first kappa shape index (κ1) is 15.7. The van der Waals surface area contributed by atoms with Gasteiger partial charge in [0.25, 0.3) is 0 Å². The minimum Gasteiger partial charge on any atom is -0.518 e. The summed E-state index contributed by atoms with van der Waals surface area (Å²) in [4.78, 5) is 0. The Morgan fingerprint density at radius 2 is 1.00 bits per heavy atom. The van der Waals surface area contributed by atoms with Crippen LogP contribution in [0.5, 0.6) is 0 Å². The van der Waals surface area contributed by atoms with Gasteiger partial charge < -0.3 is 13.2 Å². The molecule has 0 unspecified atom stereocenters. The summed E-state index contributed by atoms with van der Waals surface area (Å²) >= 11 is 0. The molecule has 1 heteroatoms. The largest absolute Gasteiger partial charge is 2.00 e. The van der Waals surface area contributed by atoms with Crippen molar-refractivity contribution < 1.29 is 0 Å². The predicted octanol–water partition coefficient (Wildman–Crippen LogP) is 1.61. The summed E-state index contributed by atoms with van der Waals surface area (Å²) in [6, 6.07) is 0. The van der Waals surface area contributed by atoms with Crippen molar-refractivity contribution in [1.29, 1.82) is 0 Å². The minimum atomic E-state index is 0. The second kappa shape index (κ2) is 34.1. The average molecular weight is 106 g/mol. The topological polar surface area (TPSA) is 0 Å². The third-order valence-electron chi connectivity index (χ3n) is 0. The van der Waals surface area contributed by atoms with Crippen LogP contribution in [-0.4, -0.2) is 23.1 Å². The molecular weight excluding hydrogens is 96.4 g/mol. The molecule has 0 amide bonds. The van der Waals surface area contributed by atoms with E-state index in [0.29, 0.717) is 0 Å². The van der Waals surface area contributed by atoms with Gasteiger partial charge in [-0.3, -0.25) is 12.2 Å². The molecule has 0 saturated heterocycles. The maximum atomic E-state index is 4.72. The number of allylic oxidation sites excluding steroid dienone is 2. The van der Waals surface area contributed by atoms with Crippen LogP contribution in [0.15, 0.2) is 12.2 Å². The Morgan fingerprint density at radius 1 is 1.00 bits per heavy atom. The van der Waals surface area contributed by atoms with E-state index in [1.54, 1.807) is 13.8 Å². The normalized spacial score (nSPS) is 3.71. The number of hydrogen-bond acceptors (Lipinski definition) is 0. The van der Waals surface area contributed by atoms with Gasteiger partial charge in [0.05, 0.1) is 0 Å². The van der Waals surface area contributed by atoms with Crippen molar-refractivity contribution in [2.75, 3.05) is 0 Å². The summed E-state index contributed by atoms with van der Waals surface area (Å²) < 4.78 is 0. The van der Waals surface area contributed by atoms with E-state index in [1.807, 2.05) is 0 Å². The van der Waals surface area contributed by atoms with Crippen molar-refractivity contribution in [1.82, 2.24) is 0 Å². The third kappa shape index (κ3) is 1860. The van der Waals surface area contributed by atoms with Crippen LogP contribution >= 0.6 is 0 Å². The Morgan fingerprint density at radius 3 is 1.00 bits per heavy atom. The van der Waals surface area contributed by atoms with Gasteiger partial charge in [-0.1, -0.05) is 13.8 Å². The van der Waals surface area contributed by atoms with Gasteiger partial charge in [0, 0.05) is 0 Å². The Kier molecular flexibility index (Phi) is 76.3. The molecule has 0 atom stereocenters. The molecule has 0 bridgehead atoms. The summed E-state index contributed by atoms with van der Waals surface area (Å²) in [5, 5.41) is 0. The van der Waals surface area contributed by atoms with E-state index in [9.17, 15) is 0 Å². The molecular formula is C6H10Mg. The van der Waals surface area contributed by atoms with Crippen molar-refractivity contribution in [2.45, 2.75) is 13.8 Å². The molecule has 0 N–H and O–H groups in total. The molecule has 0 aliphatic rings. The molecule has 0 aromatic rings. The Bertz CT molecular complexity index is 25.2. The standard InChI is InChI=1S/2C3H5.Mg/c2*1-3-2;/h2*1,3H,2H3;/q2*-1;+2. The molecule has 0 spiro atoms. The van der Waals surface area contributed by atoms with Gasteiger partial charge in [-0.15, -0.1) is 0 Å². The SMILES string of the molecule is [CH-]=CC.[CH-]=CC.[Mg+2]. The molecule has 0 aliphatic heterocycles. The van der Waals surface area contributed by atoms with E-state index in [4.69, 9.17) is 13.2 Å². The van der Waals surface area contributed by atoms with Crippen LogP contribution in [-0.2, 0) is 0 Å². The van der Waals surface area contributed by atoms with Gasteiger partial charge >= 0.3 is 23.1 Å². The summed E-state index contributed by atoms with van der Waals surface area (Å²) in [5.74, 6) is 0. The van der Waals surface area contributed by atoms with E-state index in [0.717, 1.165) is 0 Å². The molecule has 0 rings (SSSR count). The zero-order valence-corrected chi connectivity index (χ0v) is 6.43. The molecule has 0 aromatic heterocycles. The van der Waals surface area contributed by atoms with E-state index in [1.165, 1.54) is 12.2 Å². The fraction of sp³-hybridized carbons (Fsp3) is 0.333. The molecule has 36 valence electrons. The predicted molar refractivity (Wildman–Crippen MR) is 34.8 cm³/mol. The Hall–Kier alpha value is 0.246. The van der Waals surface area contributed by atoms with E-state index in [-0.39, 0.29) is 23.1 Å². The fourth-order valence-electron chi connectivity index (χ4n) is 0. The first-order chi connectivity index (χ1) is 2.83. The van der Waals surface area contributed by atoms with Gasteiger partial charge in [0.15, 0.2) is 0 Å². The minimum absolute atomic E-state index is 0. The van der Waals surface area contributed by atoms with Crippen LogP contribution in [0.1, 0.15) is 13.8 Å². The van der Waals surface area contributed by atoms with Crippen LogP contribution in [0, 0.1) is 13.2 Å². The zero-order valence-electron chi connectivity index (χ0n) is 5.02.